The second kappa shape index (κ2) is 8.38. The molecule has 2 aliphatic carbocycles. The summed E-state index contributed by atoms with van der Waals surface area (Å²) >= 11 is 0. The van der Waals surface area contributed by atoms with Crippen LogP contribution in [-0.2, 0) is 9.53 Å². The normalized spacial score (nSPS) is 37.4. The molecule has 0 amide bonds. The monoisotopic (exact) mass is 440 g/mol. The molecule has 5 rings (SSSR count). The fraction of sp³-hybridized carbons (Fsp3) is 0.654. The number of nitrogens with zero attached hydrogens (tertiary/aromatic N) is 2. The lowest BCUT2D eigenvalue weighted by Gasteiger charge is -2.52. The second-order valence-electron chi connectivity index (χ2n) is 10.3. The van der Waals surface area contributed by atoms with E-state index < -0.39 is 6.10 Å². The number of aliphatic hydroxyl groups is 1. The Bertz CT molecular complexity index is 894. The molecule has 3 fully saturated rings. The highest BCUT2D eigenvalue weighted by molar-refractivity contribution is 5.76. The van der Waals surface area contributed by atoms with Gasteiger partial charge in [0.1, 0.15) is 11.9 Å². The van der Waals surface area contributed by atoms with Gasteiger partial charge in [-0.3, -0.25) is 9.69 Å². The highest BCUT2D eigenvalue weighted by Gasteiger charge is 2.59. The summed E-state index contributed by atoms with van der Waals surface area (Å²) in [7, 11) is 1.71. The highest BCUT2D eigenvalue weighted by atomic mass is 16.6. The van der Waals surface area contributed by atoms with Crippen molar-refractivity contribution in [2.45, 2.75) is 45.3 Å². The predicted molar refractivity (Wildman–Crippen MR) is 124 cm³/mol. The van der Waals surface area contributed by atoms with Crippen molar-refractivity contribution in [1.82, 2.24) is 4.90 Å². The zero-order valence-electron chi connectivity index (χ0n) is 19.5. The second-order valence-corrected chi connectivity index (χ2v) is 10.3. The van der Waals surface area contributed by atoms with Gasteiger partial charge in [-0.25, -0.2) is 0 Å². The number of hydrogen-bond donors (Lipinski definition) is 1. The molecular formula is C26H36N2O4. The van der Waals surface area contributed by atoms with Crippen molar-refractivity contribution in [3.63, 3.8) is 0 Å². The molecule has 6 atom stereocenters. The summed E-state index contributed by atoms with van der Waals surface area (Å²) in [5, 5.41) is 11.6. The number of rotatable bonds is 4. The van der Waals surface area contributed by atoms with Crippen molar-refractivity contribution in [1.29, 1.82) is 0 Å². The van der Waals surface area contributed by atoms with E-state index in [4.69, 9.17) is 9.47 Å². The Balaban J connectivity index is 1.28. The molecule has 4 aliphatic rings. The minimum Gasteiger partial charge on any atom is -0.495 e. The van der Waals surface area contributed by atoms with E-state index in [1.807, 2.05) is 18.2 Å². The van der Waals surface area contributed by atoms with Crippen LogP contribution in [0.4, 0.5) is 5.69 Å². The number of carbonyl (C=O) groups is 1. The quantitative estimate of drug-likeness (QED) is 0.574. The highest BCUT2D eigenvalue weighted by Crippen LogP contribution is 2.56. The maximum Gasteiger partial charge on any atom is 0.311 e. The van der Waals surface area contributed by atoms with Crippen molar-refractivity contribution in [2.24, 2.45) is 23.2 Å². The number of aliphatic hydroxyl groups excluding tert-OH is 1. The van der Waals surface area contributed by atoms with Gasteiger partial charge >= 0.3 is 5.97 Å². The van der Waals surface area contributed by atoms with Crippen LogP contribution in [0.2, 0.25) is 0 Å². The van der Waals surface area contributed by atoms with Gasteiger partial charge in [-0.05, 0) is 30.9 Å². The van der Waals surface area contributed by atoms with E-state index in [0.29, 0.717) is 12.5 Å². The lowest BCUT2D eigenvalue weighted by atomic mass is 9.55. The molecule has 174 valence electrons. The van der Waals surface area contributed by atoms with Crippen molar-refractivity contribution >= 4 is 11.7 Å². The molecule has 0 radical (unpaired) electrons. The maximum atomic E-state index is 12.9. The molecule has 0 aromatic heterocycles. The van der Waals surface area contributed by atoms with E-state index in [1.54, 1.807) is 7.11 Å². The third-order valence-corrected chi connectivity index (χ3v) is 8.82. The van der Waals surface area contributed by atoms with Crippen molar-refractivity contribution in [2.75, 3.05) is 44.7 Å². The molecule has 2 heterocycles. The molecule has 1 N–H and O–H groups in total. The first-order valence-electron chi connectivity index (χ1n) is 12.1. The predicted octanol–water partition coefficient (Wildman–Crippen LogP) is 3.10. The molecule has 32 heavy (non-hydrogen) atoms. The van der Waals surface area contributed by atoms with Crippen LogP contribution in [-0.4, -0.2) is 68.0 Å². The number of benzene rings is 1. The lowest BCUT2D eigenvalue weighted by molar-refractivity contribution is -0.145. The Labute approximate surface area is 191 Å². The van der Waals surface area contributed by atoms with Crippen LogP contribution in [0, 0.1) is 23.2 Å². The van der Waals surface area contributed by atoms with E-state index >= 15 is 0 Å². The summed E-state index contributed by atoms with van der Waals surface area (Å²) in [6, 6.07) is 8.13. The smallest absolute Gasteiger partial charge is 0.311 e. The van der Waals surface area contributed by atoms with Crippen LogP contribution in [0.5, 0.6) is 5.75 Å². The van der Waals surface area contributed by atoms with E-state index in [2.05, 4.69) is 35.8 Å². The molecule has 1 aromatic carbocycles. The minimum atomic E-state index is -0.533. The summed E-state index contributed by atoms with van der Waals surface area (Å²) in [5.74, 6) is 0.825. The first-order chi connectivity index (χ1) is 15.4. The summed E-state index contributed by atoms with van der Waals surface area (Å²) < 4.78 is 11.4. The van der Waals surface area contributed by atoms with Gasteiger partial charge in [-0.1, -0.05) is 37.6 Å². The van der Waals surface area contributed by atoms with Crippen LogP contribution >= 0.6 is 0 Å². The number of para-hydroxylation sites is 2. The number of carbonyl (C=O) groups excluding carboxylic acids is 1. The molecule has 1 aromatic rings. The molecule has 0 bridgehead atoms. The average Bonchev–Trinajstić information content (AvgIpc) is 3.11. The SMILES string of the molecule is COc1ccccc1N1CCN(C[C@H]2C(=O)O[C@@H]3CC4=CCC[C@@H](C)[C@@]4(C)[C@@H](O)[C@H]32)CC1. The van der Waals surface area contributed by atoms with Crippen molar-refractivity contribution in [3.8, 4) is 5.75 Å². The van der Waals surface area contributed by atoms with Gasteiger partial charge in [0.05, 0.1) is 24.8 Å². The summed E-state index contributed by atoms with van der Waals surface area (Å²) in [4.78, 5) is 17.6. The molecule has 2 saturated heterocycles. The number of piperazine rings is 1. The van der Waals surface area contributed by atoms with Gasteiger partial charge < -0.3 is 19.5 Å². The van der Waals surface area contributed by atoms with Crippen LogP contribution in [0.15, 0.2) is 35.9 Å². The Morgan fingerprint density at radius 1 is 1.22 bits per heavy atom. The topological polar surface area (TPSA) is 62.2 Å². The number of methoxy groups -OCH3 is 1. The standard InChI is InChI=1S/C26H36N2O4/c1-17-7-6-8-18-15-22-23(24(29)26(17,18)2)19(25(30)32-22)16-27-11-13-28(14-12-27)20-9-4-5-10-21(20)31-3/h4-5,8-10,17,19,22-24,29H,6-7,11-16H2,1-3H3/t17-,19-,22-,23+,24+,26-/m1/s1. The van der Waals surface area contributed by atoms with E-state index in [9.17, 15) is 9.90 Å². The number of esters is 1. The van der Waals surface area contributed by atoms with Gasteiger partial charge in [-0.15, -0.1) is 0 Å². The Kier molecular flexibility index (Phi) is 5.70. The average molecular weight is 441 g/mol. The molecule has 6 heteroatoms. The lowest BCUT2D eigenvalue weighted by Crippen LogP contribution is -2.55. The zero-order chi connectivity index (χ0) is 22.5. The maximum absolute atomic E-state index is 12.9. The van der Waals surface area contributed by atoms with Crippen LogP contribution in [0.3, 0.4) is 0 Å². The minimum absolute atomic E-state index is 0.113. The van der Waals surface area contributed by atoms with Crippen LogP contribution in [0.25, 0.3) is 0 Å². The number of fused-ring (bicyclic) bond motifs is 2. The molecule has 6 nitrogen and oxygen atoms in total. The molecule has 2 aliphatic heterocycles. The van der Waals surface area contributed by atoms with Crippen molar-refractivity contribution in [3.05, 3.63) is 35.9 Å². The first kappa shape index (κ1) is 21.8. The van der Waals surface area contributed by atoms with Gasteiger partial charge in [0, 0.05) is 50.5 Å². The molecule has 0 unspecified atom stereocenters. The fourth-order valence-corrected chi connectivity index (χ4v) is 6.61. The summed E-state index contributed by atoms with van der Waals surface area (Å²) in [6.07, 6.45) is 4.52. The van der Waals surface area contributed by atoms with Crippen LogP contribution < -0.4 is 9.64 Å². The third kappa shape index (κ3) is 3.43. The first-order valence-corrected chi connectivity index (χ1v) is 12.1. The van der Waals surface area contributed by atoms with E-state index in [0.717, 1.165) is 56.9 Å². The molecular weight excluding hydrogens is 404 g/mol. The number of allylic oxidation sites excluding steroid dienone is 1. The van der Waals surface area contributed by atoms with Gasteiger partial charge in [0.25, 0.3) is 0 Å². The fourth-order valence-electron chi connectivity index (χ4n) is 6.61. The third-order valence-electron chi connectivity index (χ3n) is 8.82. The summed E-state index contributed by atoms with van der Waals surface area (Å²) in [6.45, 7) is 8.67. The number of ether oxygens (including phenoxy) is 2. The number of anilines is 1. The van der Waals surface area contributed by atoms with Gasteiger partial charge in [0.15, 0.2) is 0 Å². The van der Waals surface area contributed by atoms with Gasteiger partial charge in [0.2, 0.25) is 0 Å². The van der Waals surface area contributed by atoms with E-state index in [-0.39, 0.29) is 29.3 Å². The Hall–Kier alpha value is -2.05. The number of hydrogen-bond acceptors (Lipinski definition) is 6. The Morgan fingerprint density at radius 3 is 2.72 bits per heavy atom. The van der Waals surface area contributed by atoms with Gasteiger partial charge in [-0.2, -0.15) is 0 Å². The Morgan fingerprint density at radius 2 is 1.97 bits per heavy atom. The molecule has 1 saturated carbocycles. The van der Waals surface area contributed by atoms with E-state index in [1.165, 1.54) is 5.57 Å². The summed E-state index contributed by atoms with van der Waals surface area (Å²) in [5.41, 5.74) is 2.17. The van der Waals surface area contributed by atoms with Crippen molar-refractivity contribution < 1.29 is 19.4 Å². The largest absolute Gasteiger partial charge is 0.495 e. The molecule has 0 spiro atoms. The van der Waals surface area contributed by atoms with Crippen LogP contribution in [0.1, 0.15) is 33.1 Å². The zero-order valence-corrected chi connectivity index (χ0v) is 19.5.